The first-order valence-electron chi connectivity index (χ1n) is 11.0. The predicted octanol–water partition coefficient (Wildman–Crippen LogP) is 5.38. The number of imidazole rings is 1. The molecule has 3 aromatic heterocycles. The first-order chi connectivity index (χ1) is 16.8. The summed E-state index contributed by atoms with van der Waals surface area (Å²) in [5, 5.41) is 0. The second-order valence-corrected chi connectivity index (χ2v) is 8.34. The summed E-state index contributed by atoms with van der Waals surface area (Å²) in [5.41, 5.74) is -0.658. The largest absolute Gasteiger partial charge is 0.417 e. The molecule has 190 valence electrons. The number of ketones is 1. The predicted molar refractivity (Wildman–Crippen MR) is 128 cm³/mol. The smallest absolute Gasteiger partial charge is 0.381 e. The van der Waals surface area contributed by atoms with E-state index in [1.54, 1.807) is 7.11 Å². The lowest BCUT2D eigenvalue weighted by Gasteiger charge is -2.32. The van der Waals surface area contributed by atoms with Gasteiger partial charge in [0.05, 0.1) is 29.1 Å². The molecule has 1 aliphatic rings. The molecule has 4 aromatic rings. The zero-order valence-corrected chi connectivity index (χ0v) is 19.8. The maximum atomic E-state index is 15.3. The number of aromatic amines is 2. The van der Waals surface area contributed by atoms with Gasteiger partial charge in [-0.05, 0) is 25.0 Å². The molecule has 0 spiro atoms. The third-order valence-corrected chi connectivity index (χ3v) is 6.20. The fraction of sp³-hybridized carbons (Fsp3) is 0.292. The first kappa shape index (κ1) is 25.6. The van der Waals surface area contributed by atoms with E-state index in [-0.39, 0.29) is 41.2 Å². The number of piperidine rings is 1. The molecular weight excluding hydrogens is 502 g/mol. The van der Waals surface area contributed by atoms with E-state index in [9.17, 15) is 18.0 Å². The number of carbonyl (C=O) groups is 1. The topological polar surface area (TPSA) is 86.9 Å². The normalized spacial score (nSPS) is 14.8. The van der Waals surface area contributed by atoms with Crippen LogP contribution in [-0.2, 0) is 10.9 Å². The van der Waals surface area contributed by atoms with Gasteiger partial charge in [0.1, 0.15) is 5.52 Å². The minimum Gasteiger partial charge on any atom is -0.381 e. The molecule has 2 N–H and O–H groups in total. The van der Waals surface area contributed by atoms with Crippen LogP contribution in [0.3, 0.4) is 0 Å². The fourth-order valence-corrected chi connectivity index (χ4v) is 4.33. The maximum absolute atomic E-state index is 15.3. The number of ether oxygens (including phenoxy) is 1. The van der Waals surface area contributed by atoms with Crippen LogP contribution in [0, 0.1) is 5.82 Å². The lowest BCUT2D eigenvalue weighted by molar-refractivity contribution is -0.137. The number of benzene rings is 1. The third kappa shape index (κ3) is 4.68. The number of fused-ring (bicyclic) bond motifs is 1. The lowest BCUT2D eigenvalue weighted by Crippen LogP contribution is -2.37. The Bertz CT molecular complexity index is 1390. The Kier molecular flexibility index (Phi) is 7.05. The van der Waals surface area contributed by atoms with Crippen LogP contribution in [0.25, 0.3) is 22.6 Å². The van der Waals surface area contributed by atoms with Gasteiger partial charge in [-0.25, -0.2) is 14.4 Å². The Balaban J connectivity index is 0.00000304. The van der Waals surface area contributed by atoms with Gasteiger partial charge < -0.3 is 19.6 Å². The first-order valence-corrected chi connectivity index (χ1v) is 11.0. The highest BCUT2D eigenvalue weighted by Crippen LogP contribution is 2.33. The van der Waals surface area contributed by atoms with Gasteiger partial charge >= 0.3 is 6.18 Å². The Hall–Kier alpha value is -3.44. The third-order valence-electron chi connectivity index (χ3n) is 6.20. The van der Waals surface area contributed by atoms with Crippen molar-refractivity contribution in [2.75, 3.05) is 25.1 Å². The molecule has 1 fully saturated rings. The molecule has 0 atom stereocenters. The van der Waals surface area contributed by atoms with Gasteiger partial charge in [-0.15, -0.1) is 12.4 Å². The number of methoxy groups -OCH3 is 1. The minimum atomic E-state index is -4.66. The molecule has 0 aliphatic carbocycles. The summed E-state index contributed by atoms with van der Waals surface area (Å²) in [5.74, 6) is -0.913. The maximum Gasteiger partial charge on any atom is 0.417 e. The van der Waals surface area contributed by atoms with Crippen molar-refractivity contribution in [3.05, 3.63) is 65.2 Å². The lowest BCUT2D eigenvalue weighted by atomic mass is 9.99. The summed E-state index contributed by atoms with van der Waals surface area (Å²) in [6.45, 7) is 1.21. The van der Waals surface area contributed by atoms with Gasteiger partial charge in [0, 0.05) is 37.5 Å². The average molecular weight is 524 g/mol. The summed E-state index contributed by atoms with van der Waals surface area (Å²) < 4.78 is 60.6. The highest BCUT2D eigenvalue weighted by atomic mass is 35.5. The molecule has 1 saturated heterocycles. The van der Waals surface area contributed by atoms with Crippen LogP contribution in [0.2, 0.25) is 0 Å². The van der Waals surface area contributed by atoms with E-state index in [1.165, 1.54) is 30.6 Å². The van der Waals surface area contributed by atoms with Crippen LogP contribution in [-0.4, -0.2) is 52.0 Å². The van der Waals surface area contributed by atoms with Crippen molar-refractivity contribution in [1.82, 2.24) is 19.9 Å². The van der Waals surface area contributed by atoms with Crippen LogP contribution in [0.4, 0.5) is 23.4 Å². The Morgan fingerprint density at radius 2 is 1.92 bits per heavy atom. The molecule has 0 bridgehead atoms. The zero-order valence-electron chi connectivity index (χ0n) is 19.0. The van der Waals surface area contributed by atoms with Crippen LogP contribution >= 0.6 is 12.4 Å². The van der Waals surface area contributed by atoms with Gasteiger partial charge in [-0.2, -0.15) is 13.2 Å². The molecule has 4 heterocycles. The molecular formula is C24H22ClF4N5O2. The monoisotopic (exact) mass is 523 g/mol. The Morgan fingerprint density at radius 3 is 2.61 bits per heavy atom. The fourth-order valence-electron chi connectivity index (χ4n) is 4.33. The summed E-state index contributed by atoms with van der Waals surface area (Å²) in [7, 11) is 1.66. The van der Waals surface area contributed by atoms with E-state index in [0.29, 0.717) is 24.3 Å². The molecule has 1 aromatic carbocycles. The van der Waals surface area contributed by atoms with Crippen molar-refractivity contribution >= 4 is 35.0 Å². The summed E-state index contributed by atoms with van der Waals surface area (Å²) in [6, 6.07) is 5.99. The molecule has 7 nitrogen and oxygen atoms in total. The molecule has 0 saturated carbocycles. The van der Waals surface area contributed by atoms with Crippen molar-refractivity contribution < 1.29 is 27.1 Å². The number of hydrogen-bond donors (Lipinski definition) is 2. The number of anilines is 1. The van der Waals surface area contributed by atoms with Crippen LogP contribution in [0.1, 0.15) is 34.3 Å². The zero-order chi connectivity index (χ0) is 24.7. The molecule has 5 rings (SSSR count). The summed E-state index contributed by atoms with van der Waals surface area (Å²) >= 11 is 0. The Labute approximate surface area is 209 Å². The molecule has 12 heteroatoms. The van der Waals surface area contributed by atoms with Gasteiger partial charge in [0.25, 0.3) is 0 Å². The number of rotatable bonds is 5. The van der Waals surface area contributed by atoms with Crippen molar-refractivity contribution in [2.24, 2.45) is 0 Å². The second kappa shape index (κ2) is 9.90. The summed E-state index contributed by atoms with van der Waals surface area (Å²) in [6.07, 6.45) is -0.205. The highest BCUT2D eigenvalue weighted by molar-refractivity contribution is 6.10. The number of nitrogens with one attached hydrogen (secondary N) is 2. The number of carbonyl (C=O) groups excluding carboxylic acids is 1. The molecule has 36 heavy (non-hydrogen) atoms. The number of hydrogen-bond acceptors (Lipinski definition) is 5. The van der Waals surface area contributed by atoms with E-state index < -0.39 is 28.9 Å². The second-order valence-electron chi connectivity index (χ2n) is 8.34. The highest BCUT2D eigenvalue weighted by Gasteiger charge is 2.35. The number of halogens is 5. The number of nitrogens with zero attached hydrogens (tertiary/aromatic N) is 3. The SMILES string of the molecule is COC1CCN(c2ncc3[nH]c(-c4cc(C(=O)c5ccccc5C(F)(F)F)c[nH]4)nc3c2F)CC1.Cl. The molecule has 0 amide bonds. The molecule has 0 radical (unpaired) electrons. The number of aromatic nitrogens is 4. The van der Waals surface area contributed by atoms with Gasteiger partial charge in [-0.1, -0.05) is 18.2 Å². The quantitative estimate of drug-likeness (QED) is 0.271. The summed E-state index contributed by atoms with van der Waals surface area (Å²) in [4.78, 5) is 29.0. The van der Waals surface area contributed by atoms with E-state index in [2.05, 4.69) is 19.9 Å². The van der Waals surface area contributed by atoms with Crippen molar-refractivity contribution in [2.45, 2.75) is 25.1 Å². The molecule has 0 unspecified atom stereocenters. The number of alkyl halides is 3. The van der Waals surface area contributed by atoms with E-state index >= 15 is 4.39 Å². The number of H-pyrrole nitrogens is 2. The van der Waals surface area contributed by atoms with Gasteiger partial charge in [0.15, 0.2) is 23.2 Å². The average Bonchev–Trinajstić information content (AvgIpc) is 3.51. The van der Waals surface area contributed by atoms with Crippen LogP contribution in [0.5, 0.6) is 0 Å². The van der Waals surface area contributed by atoms with E-state index in [1.807, 2.05) is 4.90 Å². The van der Waals surface area contributed by atoms with Crippen molar-refractivity contribution in [3.8, 4) is 11.5 Å². The standard InChI is InChI=1S/C24H21F4N5O2.ClH/c1-35-14-6-8-33(9-7-14)23-19(25)20-18(12-30-23)31-22(32-20)17-10-13(11-29-17)21(34)15-4-2-3-5-16(15)24(26,27)28;/h2-5,10-12,14,29H,6-9H2,1H3,(H,31,32);1H. The van der Waals surface area contributed by atoms with Gasteiger partial charge in [0.2, 0.25) is 0 Å². The molecule has 1 aliphatic heterocycles. The Morgan fingerprint density at radius 1 is 1.19 bits per heavy atom. The minimum absolute atomic E-state index is 0. The van der Waals surface area contributed by atoms with E-state index in [0.717, 1.165) is 25.0 Å². The number of pyridine rings is 1. The van der Waals surface area contributed by atoms with Crippen LogP contribution in [0.15, 0.2) is 42.7 Å². The van der Waals surface area contributed by atoms with Crippen LogP contribution < -0.4 is 4.90 Å². The van der Waals surface area contributed by atoms with Crippen molar-refractivity contribution in [1.29, 1.82) is 0 Å². The van der Waals surface area contributed by atoms with E-state index in [4.69, 9.17) is 4.74 Å². The van der Waals surface area contributed by atoms with Gasteiger partial charge in [-0.3, -0.25) is 4.79 Å². The van der Waals surface area contributed by atoms with Crippen molar-refractivity contribution in [3.63, 3.8) is 0 Å².